The first kappa shape index (κ1) is 21.3. The molecule has 5 rings (SSSR count). The second-order valence-corrected chi connectivity index (χ2v) is 11.2. The SMILES string of the molecule is CC(CC(=O)N1C(C)CC2(O)CC1CC(C)(O)C2)c1c[nH]c2ccc(Cl)c(C3CC3)c12. The van der Waals surface area contributed by atoms with E-state index in [0.717, 1.165) is 16.1 Å². The number of halogens is 1. The molecule has 1 aromatic heterocycles. The van der Waals surface area contributed by atoms with Crippen molar-refractivity contribution in [2.45, 2.75) is 101 Å². The molecule has 3 aliphatic rings. The Morgan fingerprint density at radius 1 is 1.29 bits per heavy atom. The Bertz CT molecular complexity index is 1020. The van der Waals surface area contributed by atoms with Gasteiger partial charge in [-0.05, 0) is 81.0 Å². The van der Waals surface area contributed by atoms with Gasteiger partial charge < -0.3 is 20.1 Å². The van der Waals surface area contributed by atoms with E-state index in [0.29, 0.717) is 38.0 Å². The molecule has 2 heterocycles. The molecule has 5 atom stereocenters. The lowest BCUT2D eigenvalue weighted by atomic mass is 9.67. The first-order valence-electron chi connectivity index (χ1n) is 11.6. The van der Waals surface area contributed by atoms with Gasteiger partial charge in [-0.1, -0.05) is 18.5 Å². The van der Waals surface area contributed by atoms with Crippen LogP contribution in [0.5, 0.6) is 0 Å². The van der Waals surface area contributed by atoms with Crippen LogP contribution in [0, 0.1) is 0 Å². The molecule has 2 aliphatic carbocycles. The van der Waals surface area contributed by atoms with E-state index in [-0.39, 0.29) is 23.9 Å². The van der Waals surface area contributed by atoms with Crippen LogP contribution >= 0.6 is 11.6 Å². The molecular formula is C25H33ClN2O3. The van der Waals surface area contributed by atoms with E-state index in [1.807, 2.05) is 30.2 Å². The smallest absolute Gasteiger partial charge is 0.223 e. The average Bonchev–Trinajstić information content (AvgIpc) is 3.36. The van der Waals surface area contributed by atoms with Gasteiger partial charge in [0, 0.05) is 47.0 Å². The molecule has 1 aromatic carbocycles. The number of nitrogens with one attached hydrogen (secondary N) is 1. The van der Waals surface area contributed by atoms with Crippen LogP contribution in [0.15, 0.2) is 18.3 Å². The number of hydrogen-bond acceptors (Lipinski definition) is 3. The quantitative estimate of drug-likeness (QED) is 0.631. The zero-order chi connectivity index (χ0) is 22.1. The predicted molar refractivity (Wildman–Crippen MR) is 122 cm³/mol. The van der Waals surface area contributed by atoms with Gasteiger partial charge in [-0.3, -0.25) is 4.79 Å². The maximum atomic E-state index is 13.5. The normalized spacial score (nSPS) is 34.2. The van der Waals surface area contributed by atoms with Crippen molar-refractivity contribution in [1.29, 1.82) is 0 Å². The number of aliphatic hydroxyl groups is 2. The molecule has 6 heteroatoms. The molecule has 3 fully saturated rings. The summed E-state index contributed by atoms with van der Waals surface area (Å²) in [6.45, 7) is 5.91. The Morgan fingerprint density at radius 2 is 2.03 bits per heavy atom. The molecule has 1 saturated heterocycles. The second kappa shape index (κ2) is 7.23. The molecule has 2 saturated carbocycles. The number of carbonyl (C=O) groups excluding carboxylic acids is 1. The molecule has 2 aromatic rings. The van der Waals surface area contributed by atoms with Crippen molar-refractivity contribution < 1.29 is 15.0 Å². The number of hydrogen-bond donors (Lipinski definition) is 3. The zero-order valence-electron chi connectivity index (χ0n) is 18.6. The highest BCUT2D eigenvalue weighted by atomic mass is 35.5. The number of aromatic amines is 1. The fourth-order valence-corrected chi connectivity index (χ4v) is 6.88. The van der Waals surface area contributed by atoms with Crippen molar-refractivity contribution in [3.63, 3.8) is 0 Å². The van der Waals surface area contributed by atoms with Crippen molar-refractivity contribution in [3.8, 4) is 0 Å². The predicted octanol–water partition coefficient (Wildman–Crippen LogP) is 4.85. The van der Waals surface area contributed by atoms with E-state index < -0.39 is 11.2 Å². The highest BCUT2D eigenvalue weighted by Crippen LogP contribution is 2.49. The molecule has 1 amide bonds. The van der Waals surface area contributed by atoms with Crippen LogP contribution in [0.1, 0.15) is 88.7 Å². The van der Waals surface area contributed by atoms with Crippen molar-refractivity contribution in [2.24, 2.45) is 0 Å². The first-order valence-corrected chi connectivity index (χ1v) is 12.0. The Labute approximate surface area is 188 Å². The number of piperidine rings is 1. The summed E-state index contributed by atoms with van der Waals surface area (Å²) in [5, 5.41) is 23.7. The molecular weight excluding hydrogens is 412 g/mol. The maximum absolute atomic E-state index is 13.5. The van der Waals surface area contributed by atoms with Crippen LogP contribution in [0.25, 0.3) is 10.9 Å². The minimum Gasteiger partial charge on any atom is -0.390 e. The summed E-state index contributed by atoms with van der Waals surface area (Å²) in [4.78, 5) is 18.8. The zero-order valence-corrected chi connectivity index (χ0v) is 19.4. The van der Waals surface area contributed by atoms with E-state index in [1.54, 1.807) is 6.92 Å². The largest absolute Gasteiger partial charge is 0.390 e. The van der Waals surface area contributed by atoms with Crippen LogP contribution < -0.4 is 0 Å². The molecule has 168 valence electrons. The van der Waals surface area contributed by atoms with Gasteiger partial charge in [0.15, 0.2) is 0 Å². The Morgan fingerprint density at radius 3 is 2.74 bits per heavy atom. The fourth-order valence-electron chi connectivity index (χ4n) is 6.57. The minimum absolute atomic E-state index is 0.0287. The molecule has 31 heavy (non-hydrogen) atoms. The summed E-state index contributed by atoms with van der Waals surface area (Å²) < 4.78 is 0. The lowest BCUT2D eigenvalue weighted by Gasteiger charge is -2.55. The van der Waals surface area contributed by atoms with Gasteiger partial charge in [0.1, 0.15) is 0 Å². The Kier molecular flexibility index (Phi) is 4.96. The van der Waals surface area contributed by atoms with E-state index >= 15 is 0 Å². The monoisotopic (exact) mass is 444 g/mol. The lowest BCUT2D eigenvalue weighted by Crippen LogP contribution is -2.63. The van der Waals surface area contributed by atoms with Gasteiger partial charge in [-0.2, -0.15) is 0 Å². The Hall–Kier alpha value is -1.56. The third-order valence-electron chi connectivity index (χ3n) is 7.69. The number of fused-ring (bicyclic) bond motifs is 3. The molecule has 2 bridgehead atoms. The average molecular weight is 445 g/mol. The summed E-state index contributed by atoms with van der Waals surface area (Å²) in [5.74, 6) is 0.682. The van der Waals surface area contributed by atoms with Crippen molar-refractivity contribution in [3.05, 3.63) is 34.5 Å². The highest BCUT2D eigenvalue weighted by molar-refractivity contribution is 6.32. The second-order valence-electron chi connectivity index (χ2n) is 10.8. The number of likely N-dealkylation sites (tertiary alicyclic amines) is 1. The maximum Gasteiger partial charge on any atom is 0.223 e. The van der Waals surface area contributed by atoms with E-state index in [9.17, 15) is 15.0 Å². The van der Waals surface area contributed by atoms with Crippen molar-refractivity contribution >= 4 is 28.4 Å². The van der Waals surface area contributed by atoms with Crippen LogP contribution in [0.4, 0.5) is 0 Å². The summed E-state index contributed by atoms with van der Waals surface area (Å²) in [6, 6.07) is 3.86. The Balaban J connectivity index is 1.40. The molecule has 5 unspecified atom stereocenters. The standard InChI is InChI=1S/C25H33ClN2O3/c1-14(18-12-27-20-7-6-19(26)22(23(18)20)16-4-5-16)8-21(29)28-15(2)9-25(31)11-17(28)10-24(3,30)13-25/h6-7,12,14-17,27,30-31H,4-5,8-11,13H2,1-3H3. The van der Waals surface area contributed by atoms with E-state index in [2.05, 4.69) is 11.9 Å². The van der Waals surface area contributed by atoms with Crippen LogP contribution in [0.3, 0.4) is 0 Å². The van der Waals surface area contributed by atoms with E-state index in [1.165, 1.54) is 23.8 Å². The van der Waals surface area contributed by atoms with Crippen molar-refractivity contribution in [1.82, 2.24) is 9.88 Å². The molecule has 1 aliphatic heterocycles. The number of nitrogens with zero attached hydrogens (tertiary/aromatic N) is 1. The van der Waals surface area contributed by atoms with Crippen molar-refractivity contribution in [2.75, 3.05) is 0 Å². The summed E-state index contributed by atoms with van der Waals surface area (Å²) in [7, 11) is 0. The van der Waals surface area contributed by atoms with Crippen LogP contribution in [0.2, 0.25) is 5.02 Å². The minimum atomic E-state index is -0.936. The first-order chi connectivity index (χ1) is 14.6. The highest BCUT2D eigenvalue weighted by Gasteiger charge is 2.52. The van der Waals surface area contributed by atoms with Crippen LogP contribution in [-0.2, 0) is 4.79 Å². The summed E-state index contributed by atoms with van der Waals surface area (Å²) in [5.41, 5.74) is 1.66. The number of benzene rings is 1. The van der Waals surface area contributed by atoms with Crippen LogP contribution in [-0.4, -0.2) is 49.3 Å². The molecule has 0 radical (unpaired) electrons. The fraction of sp³-hybridized carbons (Fsp3) is 0.640. The van der Waals surface area contributed by atoms with Gasteiger partial charge in [0.2, 0.25) is 5.91 Å². The van der Waals surface area contributed by atoms with Gasteiger partial charge in [0.05, 0.1) is 11.2 Å². The van der Waals surface area contributed by atoms with Gasteiger partial charge in [0.25, 0.3) is 0 Å². The van der Waals surface area contributed by atoms with E-state index in [4.69, 9.17) is 11.6 Å². The number of rotatable bonds is 4. The van der Waals surface area contributed by atoms with Gasteiger partial charge >= 0.3 is 0 Å². The summed E-state index contributed by atoms with van der Waals surface area (Å²) in [6.07, 6.45) is 6.78. The molecule has 5 nitrogen and oxygen atoms in total. The topological polar surface area (TPSA) is 76.6 Å². The van der Waals surface area contributed by atoms with Gasteiger partial charge in [-0.25, -0.2) is 0 Å². The molecule has 0 spiro atoms. The number of H-pyrrole nitrogens is 1. The lowest BCUT2D eigenvalue weighted by molar-refractivity contribution is -0.174. The van der Waals surface area contributed by atoms with Gasteiger partial charge in [-0.15, -0.1) is 0 Å². The third-order valence-corrected chi connectivity index (χ3v) is 8.02. The molecule has 3 N–H and O–H groups in total. The number of carbonyl (C=O) groups is 1. The third kappa shape index (κ3) is 3.79. The number of amides is 1. The number of aromatic nitrogens is 1. The summed E-state index contributed by atoms with van der Waals surface area (Å²) >= 11 is 6.58.